The van der Waals surface area contributed by atoms with Crippen molar-refractivity contribution in [3.8, 4) is 11.3 Å². The standard InChI is InChI=1S/C14H16IN3O2/c1-14(2,3)20-13(19)16-12-8-11(17-18-12)9-4-6-10(15)7-5-9/h4-8H,1-3H3,(H2,16,17,18,19). The van der Waals surface area contributed by atoms with Crippen LogP contribution in [0.4, 0.5) is 10.6 Å². The fraction of sp³-hybridized carbons (Fsp3) is 0.286. The van der Waals surface area contributed by atoms with E-state index in [-0.39, 0.29) is 0 Å². The van der Waals surface area contributed by atoms with E-state index in [1.807, 2.05) is 45.0 Å². The maximum atomic E-state index is 11.6. The normalized spacial score (nSPS) is 11.2. The van der Waals surface area contributed by atoms with Crippen LogP contribution in [0.3, 0.4) is 0 Å². The molecule has 0 aliphatic rings. The summed E-state index contributed by atoms with van der Waals surface area (Å²) >= 11 is 2.25. The van der Waals surface area contributed by atoms with Crippen molar-refractivity contribution in [1.29, 1.82) is 0 Å². The third kappa shape index (κ3) is 4.22. The molecule has 2 aromatic rings. The van der Waals surface area contributed by atoms with Crippen molar-refractivity contribution in [3.63, 3.8) is 0 Å². The van der Waals surface area contributed by atoms with E-state index in [9.17, 15) is 4.79 Å². The average molecular weight is 385 g/mol. The Kier molecular flexibility index (Phi) is 4.32. The van der Waals surface area contributed by atoms with Gasteiger partial charge in [0.15, 0.2) is 5.82 Å². The number of aromatic nitrogens is 2. The van der Waals surface area contributed by atoms with Crippen molar-refractivity contribution in [3.05, 3.63) is 33.9 Å². The molecule has 0 aliphatic carbocycles. The molecule has 1 amide bonds. The summed E-state index contributed by atoms with van der Waals surface area (Å²) in [6, 6.07) is 9.78. The van der Waals surface area contributed by atoms with Gasteiger partial charge in [0.25, 0.3) is 0 Å². The third-order valence-electron chi connectivity index (χ3n) is 2.36. The van der Waals surface area contributed by atoms with Crippen molar-refractivity contribution in [1.82, 2.24) is 10.2 Å². The van der Waals surface area contributed by atoms with Gasteiger partial charge in [0.2, 0.25) is 0 Å². The molecule has 20 heavy (non-hydrogen) atoms. The molecule has 0 bridgehead atoms. The second-order valence-electron chi connectivity index (χ2n) is 5.30. The van der Waals surface area contributed by atoms with E-state index in [4.69, 9.17) is 4.74 Å². The summed E-state index contributed by atoms with van der Waals surface area (Å²) < 4.78 is 6.33. The molecule has 0 atom stereocenters. The molecule has 5 nitrogen and oxygen atoms in total. The zero-order chi connectivity index (χ0) is 14.8. The average Bonchev–Trinajstić information content (AvgIpc) is 2.75. The molecular formula is C14H16IN3O2. The van der Waals surface area contributed by atoms with Gasteiger partial charge in [-0.25, -0.2) is 4.79 Å². The molecule has 0 saturated heterocycles. The van der Waals surface area contributed by atoms with Crippen LogP contribution in [-0.4, -0.2) is 21.9 Å². The molecule has 106 valence electrons. The Labute approximate surface area is 131 Å². The Morgan fingerprint density at radius 3 is 2.55 bits per heavy atom. The molecule has 2 N–H and O–H groups in total. The van der Waals surface area contributed by atoms with Crippen LogP contribution in [0.15, 0.2) is 30.3 Å². The topological polar surface area (TPSA) is 67.0 Å². The second-order valence-corrected chi connectivity index (χ2v) is 6.55. The van der Waals surface area contributed by atoms with E-state index in [1.165, 1.54) is 0 Å². The Morgan fingerprint density at radius 1 is 1.30 bits per heavy atom. The van der Waals surface area contributed by atoms with Gasteiger partial charge in [-0.05, 0) is 61.1 Å². The van der Waals surface area contributed by atoms with Crippen molar-refractivity contribution in [2.24, 2.45) is 0 Å². The zero-order valence-electron chi connectivity index (χ0n) is 11.5. The number of carbonyl (C=O) groups is 1. The largest absolute Gasteiger partial charge is 0.444 e. The Bertz CT molecular complexity index is 600. The predicted molar refractivity (Wildman–Crippen MR) is 86.6 cm³/mol. The van der Waals surface area contributed by atoms with E-state index in [2.05, 4.69) is 38.1 Å². The molecule has 1 aromatic carbocycles. The molecule has 0 aliphatic heterocycles. The van der Waals surface area contributed by atoms with Crippen LogP contribution >= 0.6 is 22.6 Å². The number of H-pyrrole nitrogens is 1. The molecule has 2 rings (SSSR count). The summed E-state index contributed by atoms with van der Waals surface area (Å²) in [4.78, 5) is 11.6. The number of hydrogen-bond acceptors (Lipinski definition) is 3. The first-order chi connectivity index (χ1) is 9.33. The summed E-state index contributed by atoms with van der Waals surface area (Å²) in [6.45, 7) is 5.44. The molecule has 1 heterocycles. The van der Waals surface area contributed by atoms with Crippen LogP contribution in [0.5, 0.6) is 0 Å². The number of ether oxygens (including phenoxy) is 1. The fourth-order valence-corrected chi connectivity index (χ4v) is 1.93. The van der Waals surface area contributed by atoms with E-state index in [0.29, 0.717) is 5.82 Å². The van der Waals surface area contributed by atoms with Crippen LogP contribution in [-0.2, 0) is 4.74 Å². The highest BCUT2D eigenvalue weighted by atomic mass is 127. The lowest BCUT2D eigenvalue weighted by molar-refractivity contribution is 0.0635. The molecule has 0 unspecified atom stereocenters. The van der Waals surface area contributed by atoms with Crippen molar-refractivity contribution in [2.45, 2.75) is 26.4 Å². The van der Waals surface area contributed by atoms with Gasteiger partial charge in [-0.3, -0.25) is 10.4 Å². The number of halogens is 1. The summed E-state index contributed by atoms with van der Waals surface area (Å²) in [6.07, 6.45) is -0.516. The number of nitrogens with zero attached hydrogens (tertiary/aromatic N) is 1. The number of anilines is 1. The summed E-state index contributed by atoms with van der Waals surface area (Å²) in [5.74, 6) is 0.438. The molecule has 0 fully saturated rings. The lowest BCUT2D eigenvalue weighted by Crippen LogP contribution is -2.27. The van der Waals surface area contributed by atoms with Crippen LogP contribution < -0.4 is 5.32 Å². The number of nitrogens with one attached hydrogen (secondary N) is 2. The second kappa shape index (κ2) is 5.82. The highest BCUT2D eigenvalue weighted by Crippen LogP contribution is 2.21. The zero-order valence-corrected chi connectivity index (χ0v) is 13.7. The van der Waals surface area contributed by atoms with E-state index in [1.54, 1.807) is 6.07 Å². The van der Waals surface area contributed by atoms with Gasteiger partial charge in [0, 0.05) is 9.64 Å². The minimum absolute atomic E-state index is 0.438. The van der Waals surface area contributed by atoms with Gasteiger partial charge >= 0.3 is 6.09 Å². The van der Waals surface area contributed by atoms with E-state index >= 15 is 0 Å². The van der Waals surface area contributed by atoms with Gasteiger partial charge < -0.3 is 4.74 Å². The molecule has 0 saturated carbocycles. The smallest absolute Gasteiger partial charge is 0.413 e. The molecular weight excluding hydrogens is 369 g/mol. The minimum atomic E-state index is -0.528. The molecule has 1 aromatic heterocycles. The highest BCUT2D eigenvalue weighted by Gasteiger charge is 2.17. The van der Waals surface area contributed by atoms with Crippen LogP contribution in [0.2, 0.25) is 0 Å². The van der Waals surface area contributed by atoms with E-state index in [0.717, 1.165) is 14.8 Å². The van der Waals surface area contributed by atoms with Gasteiger partial charge in [-0.15, -0.1) is 0 Å². The summed E-state index contributed by atoms with van der Waals surface area (Å²) in [5.41, 5.74) is 1.32. The monoisotopic (exact) mass is 385 g/mol. The first kappa shape index (κ1) is 14.8. The van der Waals surface area contributed by atoms with Gasteiger partial charge in [-0.2, -0.15) is 5.10 Å². The number of rotatable bonds is 2. The fourth-order valence-electron chi connectivity index (χ4n) is 1.57. The van der Waals surface area contributed by atoms with E-state index < -0.39 is 11.7 Å². The first-order valence-corrected chi connectivity index (χ1v) is 7.23. The van der Waals surface area contributed by atoms with Gasteiger partial charge in [0.1, 0.15) is 5.60 Å². The maximum Gasteiger partial charge on any atom is 0.413 e. The Hall–Kier alpha value is -1.57. The number of aromatic amines is 1. The third-order valence-corrected chi connectivity index (χ3v) is 3.08. The molecule has 0 spiro atoms. The number of hydrogen-bond donors (Lipinski definition) is 2. The summed E-state index contributed by atoms with van der Waals surface area (Å²) in [7, 11) is 0. The van der Waals surface area contributed by atoms with Crippen molar-refractivity contribution >= 4 is 34.5 Å². The van der Waals surface area contributed by atoms with Crippen LogP contribution in [0.1, 0.15) is 20.8 Å². The molecule has 6 heteroatoms. The number of amides is 1. The summed E-state index contributed by atoms with van der Waals surface area (Å²) in [5, 5.41) is 9.53. The predicted octanol–water partition coefficient (Wildman–Crippen LogP) is 4.03. The minimum Gasteiger partial charge on any atom is -0.444 e. The maximum absolute atomic E-state index is 11.6. The van der Waals surface area contributed by atoms with Crippen LogP contribution in [0, 0.1) is 3.57 Å². The SMILES string of the molecule is CC(C)(C)OC(=O)Nc1cc(-c2ccc(I)cc2)[nH]n1. The quantitative estimate of drug-likeness (QED) is 0.768. The van der Waals surface area contributed by atoms with Crippen molar-refractivity contribution in [2.75, 3.05) is 5.32 Å². The first-order valence-electron chi connectivity index (χ1n) is 6.15. The number of benzene rings is 1. The highest BCUT2D eigenvalue weighted by molar-refractivity contribution is 14.1. The van der Waals surface area contributed by atoms with Crippen molar-refractivity contribution < 1.29 is 9.53 Å². The number of carbonyl (C=O) groups excluding carboxylic acids is 1. The van der Waals surface area contributed by atoms with Gasteiger partial charge in [-0.1, -0.05) is 12.1 Å². The Morgan fingerprint density at radius 2 is 1.95 bits per heavy atom. The van der Waals surface area contributed by atoms with Crippen LogP contribution in [0.25, 0.3) is 11.3 Å². The lowest BCUT2D eigenvalue weighted by Gasteiger charge is -2.18. The Balaban J connectivity index is 2.06. The molecule has 0 radical (unpaired) electrons. The van der Waals surface area contributed by atoms with Gasteiger partial charge in [0.05, 0.1) is 5.69 Å². The lowest BCUT2D eigenvalue weighted by atomic mass is 10.2.